The van der Waals surface area contributed by atoms with Crippen LogP contribution in [0.3, 0.4) is 0 Å². The molecule has 1 unspecified atom stereocenters. The first-order chi connectivity index (χ1) is 7.38. The maximum absolute atomic E-state index is 11.7. The molecule has 2 heterocycles. The van der Waals surface area contributed by atoms with Crippen LogP contribution in [0.1, 0.15) is 13.8 Å². The Morgan fingerprint density at radius 2 is 2.25 bits per heavy atom. The van der Waals surface area contributed by atoms with E-state index in [1.165, 1.54) is 0 Å². The van der Waals surface area contributed by atoms with Gasteiger partial charge in [0.05, 0.1) is 5.54 Å². The Morgan fingerprint density at radius 1 is 1.56 bits per heavy atom. The van der Waals surface area contributed by atoms with Gasteiger partial charge in [-0.05, 0) is 41.9 Å². The number of ether oxygens (including phenoxy) is 1. The van der Waals surface area contributed by atoms with Crippen molar-refractivity contribution in [1.82, 2.24) is 4.98 Å². The van der Waals surface area contributed by atoms with Crippen LogP contribution in [0.25, 0.3) is 0 Å². The van der Waals surface area contributed by atoms with E-state index >= 15 is 0 Å². The highest BCUT2D eigenvalue weighted by atomic mass is 79.9. The standard InChI is InChI=1S/C10H12BrN3O2/c1-10(2,12)7-9(15)14-8-5(16-7)3-4-6(11)13-8/h3-4,7H,12H2,1-2H3,(H,13,14,15). The molecule has 0 aliphatic carbocycles. The maximum atomic E-state index is 11.7. The van der Waals surface area contributed by atoms with Gasteiger partial charge in [-0.15, -0.1) is 0 Å². The van der Waals surface area contributed by atoms with E-state index in [0.29, 0.717) is 16.2 Å². The number of nitrogens with one attached hydrogen (secondary N) is 1. The summed E-state index contributed by atoms with van der Waals surface area (Å²) in [5.41, 5.74) is 5.13. The smallest absolute Gasteiger partial charge is 0.268 e. The van der Waals surface area contributed by atoms with Crippen LogP contribution in [0.5, 0.6) is 5.75 Å². The highest BCUT2D eigenvalue weighted by Gasteiger charge is 2.38. The molecular weight excluding hydrogens is 274 g/mol. The molecule has 0 radical (unpaired) electrons. The molecule has 0 fully saturated rings. The Hall–Kier alpha value is -1.14. The van der Waals surface area contributed by atoms with Gasteiger partial charge >= 0.3 is 0 Å². The van der Waals surface area contributed by atoms with Gasteiger partial charge in [-0.1, -0.05) is 0 Å². The maximum Gasteiger partial charge on any atom is 0.268 e. The lowest BCUT2D eigenvalue weighted by Crippen LogP contribution is -2.56. The van der Waals surface area contributed by atoms with Gasteiger partial charge in [-0.3, -0.25) is 4.79 Å². The Labute approximate surface area is 102 Å². The number of fused-ring (bicyclic) bond motifs is 1. The van der Waals surface area contributed by atoms with E-state index in [2.05, 4.69) is 26.2 Å². The third kappa shape index (κ3) is 2.03. The number of amides is 1. The van der Waals surface area contributed by atoms with Crippen molar-refractivity contribution < 1.29 is 9.53 Å². The van der Waals surface area contributed by atoms with Crippen LogP contribution >= 0.6 is 15.9 Å². The lowest BCUT2D eigenvalue weighted by Gasteiger charge is -2.33. The van der Waals surface area contributed by atoms with Crippen LogP contribution in [-0.4, -0.2) is 22.5 Å². The number of halogens is 1. The zero-order valence-electron chi connectivity index (χ0n) is 8.95. The minimum atomic E-state index is -0.741. The summed E-state index contributed by atoms with van der Waals surface area (Å²) in [6, 6.07) is 3.49. The van der Waals surface area contributed by atoms with E-state index in [1.54, 1.807) is 26.0 Å². The number of carbonyl (C=O) groups excluding carboxylic acids is 1. The fourth-order valence-electron chi connectivity index (χ4n) is 1.46. The zero-order chi connectivity index (χ0) is 11.9. The highest BCUT2D eigenvalue weighted by molar-refractivity contribution is 9.10. The normalized spacial score (nSPS) is 19.8. The first-order valence-corrected chi connectivity index (χ1v) is 5.60. The molecule has 1 aliphatic rings. The van der Waals surface area contributed by atoms with Gasteiger partial charge in [0.2, 0.25) is 0 Å². The number of carbonyl (C=O) groups is 1. The fraction of sp³-hybridized carbons (Fsp3) is 0.400. The SMILES string of the molecule is CC(C)(N)C1Oc2ccc(Br)nc2NC1=O. The molecule has 2 rings (SSSR count). The van der Waals surface area contributed by atoms with Gasteiger partial charge in [0.1, 0.15) is 4.60 Å². The molecule has 0 bridgehead atoms. The molecule has 6 heteroatoms. The van der Waals surface area contributed by atoms with Gasteiger partial charge in [-0.25, -0.2) is 4.98 Å². The van der Waals surface area contributed by atoms with Crippen molar-refractivity contribution in [2.24, 2.45) is 5.73 Å². The number of hydrogen-bond donors (Lipinski definition) is 2. The quantitative estimate of drug-likeness (QED) is 0.762. The monoisotopic (exact) mass is 285 g/mol. The van der Waals surface area contributed by atoms with Crippen molar-refractivity contribution in [3.8, 4) is 5.75 Å². The molecule has 0 saturated heterocycles. The number of pyridine rings is 1. The van der Waals surface area contributed by atoms with Crippen LogP contribution < -0.4 is 15.8 Å². The average molecular weight is 286 g/mol. The van der Waals surface area contributed by atoms with Crippen LogP contribution in [0.15, 0.2) is 16.7 Å². The number of anilines is 1. The molecule has 0 saturated carbocycles. The van der Waals surface area contributed by atoms with Crippen LogP contribution in [-0.2, 0) is 4.79 Å². The van der Waals surface area contributed by atoms with E-state index in [9.17, 15) is 4.79 Å². The number of rotatable bonds is 1. The average Bonchev–Trinajstić information content (AvgIpc) is 2.14. The van der Waals surface area contributed by atoms with Gasteiger partial charge in [-0.2, -0.15) is 0 Å². The van der Waals surface area contributed by atoms with Gasteiger partial charge < -0.3 is 15.8 Å². The van der Waals surface area contributed by atoms with Crippen molar-refractivity contribution in [3.05, 3.63) is 16.7 Å². The molecular formula is C10H12BrN3O2. The van der Waals surface area contributed by atoms with E-state index in [1.807, 2.05) is 0 Å². The van der Waals surface area contributed by atoms with Gasteiger partial charge in [0.15, 0.2) is 17.7 Å². The van der Waals surface area contributed by atoms with Gasteiger partial charge in [0.25, 0.3) is 5.91 Å². The molecule has 1 aromatic rings. The molecule has 5 nitrogen and oxygen atoms in total. The Morgan fingerprint density at radius 3 is 2.88 bits per heavy atom. The summed E-state index contributed by atoms with van der Waals surface area (Å²) in [5, 5.41) is 2.67. The molecule has 1 atom stereocenters. The van der Waals surface area contributed by atoms with Crippen molar-refractivity contribution in [2.75, 3.05) is 5.32 Å². The largest absolute Gasteiger partial charge is 0.475 e. The highest BCUT2D eigenvalue weighted by Crippen LogP contribution is 2.31. The third-order valence-corrected chi connectivity index (χ3v) is 2.67. The Kier molecular flexibility index (Phi) is 2.63. The van der Waals surface area contributed by atoms with Crippen molar-refractivity contribution in [1.29, 1.82) is 0 Å². The Bertz CT molecular complexity index is 442. The number of aromatic nitrogens is 1. The lowest BCUT2D eigenvalue weighted by atomic mass is 9.97. The fourth-order valence-corrected chi connectivity index (χ4v) is 1.77. The van der Waals surface area contributed by atoms with Crippen molar-refractivity contribution in [3.63, 3.8) is 0 Å². The van der Waals surface area contributed by atoms with Crippen LogP contribution in [0.4, 0.5) is 5.82 Å². The van der Waals surface area contributed by atoms with E-state index in [4.69, 9.17) is 10.5 Å². The predicted octanol–water partition coefficient (Wildman–Crippen LogP) is 1.28. The summed E-state index contributed by atoms with van der Waals surface area (Å²) >= 11 is 3.22. The molecule has 1 aromatic heterocycles. The Balaban J connectivity index is 2.36. The second-order valence-corrected chi connectivity index (χ2v) is 5.10. The zero-order valence-corrected chi connectivity index (χ0v) is 10.5. The summed E-state index contributed by atoms with van der Waals surface area (Å²) in [4.78, 5) is 15.8. The molecule has 16 heavy (non-hydrogen) atoms. The molecule has 3 N–H and O–H groups in total. The number of hydrogen-bond acceptors (Lipinski definition) is 4. The topological polar surface area (TPSA) is 77.2 Å². The summed E-state index contributed by atoms with van der Waals surface area (Å²) in [6.45, 7) is 3.49. The van der Waals surface area contributed by atoms with Gasteiger partial charge in [0, 0.05) is 0 Å². The summed E-state index contributed by atoms with van der Waals surface area (Å²) < 4.78 is 6.18. The second kappa shape index (κ2) is 3.71. The number of nitrogens with two attached hydrogens (primary N) is 1. The minimum Gasteiger partial charge on any atom is -0.475 e. The van der Waals surface area contributed by atoms with Crippen molar-refractivity contribution in [2.45, 2.75) is 25.5 Å². The van der Waals surface area contributed by atoms with E-state index in [0.717, 1.165) is 0 Å². The minimum absolute atomic E-state index is 0.273. The number of nitrogens with zero attached hydrogens (tertiary/aromatic N) is 1. The third-order valence-electron chi connectivity index (χ3n) is 2.22. The summed E-state index contributed by atoms with van der Waals surface area (Å²) in [7, 11) is 0. The first-order valence-electron chi connectivity index (χ1n) is 4.81. The summed E-state index contributed by atoms with van der Waals surface area (Å²) in [5.74, 6) is 0.678. The summed E-state index contributed by atoms with van der Waals surface area (Å²) in [6.07, 6.45) is -0.706. The molecule has 0 spiro atoms. The molecule has 1 amide bonds. The molecule has 0 aromatic carbocycles. The van der Waals surface area contributed by atoms with E-state index in [-0.39, 0.29) is 5.91 Å². The van der Waals surface area contributed by atoms with Crippen LogP contribution in [0.2, 0.25) is 0 Å². The van der Waals surface area contributed by atoms with Crippen molar-refractivity contribution >= 4 is 27.7 Å². The molecule has 1 aliphatic heterocycles. The lowest BCUT2D eigenvalue weighted by molar-refractivity contribution is -0.126. The second-order valence-electron chi connectivity index (χ2n) is 4.29. The molecule has 86 valence electrons. The van der Waals surface area contributed by atoms with E-state index < -0.39 is 11.6 Å². The predicted molar refractivity (Wildman–Crippen MR) is 63.2 cm³/mol. The van der Waals surface area contributed by atoms with Crippen LogP contribution in [0, 0.1) is 0 Å². The first kappa shape index (κ1) is 11.3.